The first-order valence-electron chi connectivity index (χ1n) is 5.91. The van der Waals surface area contributed by atoms with Crippen molar-refractivity contribution in [3.8, 4) is 5.82 Å². The van der Waals surface area contributed by atoms with Gasteiger partial charge in [0, 0.05) is 27.6 Å². The molecule has 0 saturated carbocycles. The van der Waals surface area contributed by atoms with Crippen molar-refractivity contribution < 1.29 is 4.79 Å². The number of aromatic nitrogens is 2. The van der Waals surface area contributed by atoms with Crippen LogP contribution in [0.1, 0.15) is 28.7 Å². The summed E-state index contributed by atoms with van der Waals surface area (Å²) in [4.78, 5) is 16.4. The number of carbonyl (C=O) groups is 1. The van der Waals surface area contributed by atoms with Gasteiger partial charge in [-0.3, -0.25) is 4.79 Å². The lowest BCUT2D eigenvalue weighted by molar-refractivity contribution is 0.0991. The van der Waals surface area contributed by atoms with E-state index in [9.17, 15) is 4.79 Å². The summed E-state index contributed by atoms with van der Waals surface area (Å²) in [5, 5.41) is -0.521. The normalized spacial score (nSPS) is 12.5. The van der Waals surface area contributed by atoms with Gasteiger partial charge < -0.3 is 4.57 Å². The summed E-state index contributed by atoms with van der Waals surface area (Å²) in [6.07, 6.45) is 1.74. The quantitative estimate of drug-likeness (QED) is 0.623. The molecule has 1 atom stereocenters. The second-order valence-electron chi connectivity index (χ2n) is 4.44. The maximum atomic E-state index is 12.0. The first-order chi connectivity index (χ1) is 8.91. The molecule has 19 heavy (non-hydrogen) atoms. The lowest BCUT2D eigenvalue weighted by Crippen LogP contribution is -2.12. The second kappa shape index (κ2) is 5.47. The Morgan fingerprint density at radius 2 is 2.11 bits per heavy atom. The predicted molar refractivity (Wildman–Crippen MR) is 80.4 cm³/mol. The lowest BCUT2D eigenvalue weighted by Gasteiger charge is -2.09. The summed E-state index contributed by atoms with van der Waals surface area (Å²) in [6.45, 7) is 5.55. The summed E-state index contributed by atoms with van der Waals surface area (Å²) in [5.41, 5.74) is 2.49. The van der Waals surface area contributed by atoms with E-state index in [-0.39, 0.29) is 5.78 Å². The molecule has 0 amide bonds. The number of ketones is 1. The molecule has 100 valence electrons. The largest absolute Gasteiger partial charge is 0.302 e. The van der Waals surface area contributed by atoms with Crippen LogP contribution in [-0.2, 0) is 0 Å². The molecule has 1 unspecified atom stereocenters. The van der Waals surface area contributed by atoms with Gasteiger partial charge in [0.1, 0.15) is 5.82 Å². The molecular formula is C14H14BrClN2O. The van der Waals surface area contributed by atoms with Gasteiger partial charge in [0.15, 0.2) is 5.78 Å². The summed E-state index contributed by atoms with van der Waals surface area (Å²) in [7, 11) is 0. The fraction of sp³-hybridized carbons (Fsp3) is 0.286. The van der Waals surface area contributed by atoms with Gasteiger partial charge in [0.2, 0.25) is 0 Å². The number of halogens is 2. The molecule has 0 aliphatic carbocycles. The summed E-state index contributed by atoms with van der Waals surface area (Å²) in [6, 6.07) is 5.69. The molecule has 0 fully saturated rings. The van der Waals surface area contributed by atoms with Crippen molar-refractivity contribution in [1.82, 2.24) is 9.55 Å². The highest BCUT2D eigenvalue weighted by Crippen LogP contribution is 2.22. The van der Waals surface area contributed by atoms with Gasteiger partial charge in [-0.15, -0.1) is 11.6 Å². The Kier molecular flexibility index (Phi) is 4.11. The standard InChI is InChI=1S/C14H14BrClN2O/c1-8-6-12(14(19)9(2)16)10(3)18(8)13-5-4-11(15)7-17-13/h4-7,9H,1-3H3. The van der Waals surface area contributed by atoms with Gasteiger partial charge in [-0.05, 0) is 54.9 Å². The Morgan fingerprint density at radius 3 is 2.63 bits per heavy atom. The Bertz CT molecular complexity index is 617. The fourth-order valence-electron chi connectivity index (χ4n) is 2.08. The summed E-state index contributed by atoms with van der Waals surface area (Å²) >= 11 is 9.24. The molecule has 2 aromatic heterocycles. The maximum absolute atomic E-state index is 12.0. The number of nitrogens with zero attached hydrogens (tertiary/aromatic N) is 2. The third kappa shape index (κ3) is 2.74. The Balaban J connectivity index is 2.54. The molecule has 2 rings (SSSR count). The highest BCUT2D eigenvalue weighted by molar-refractivity contribution is 9.10. The van der Waals surface area contributed by atoms with Gasteiger partial charge in [-0.2, -0.15) is 0 Å². The summed E-state index contributed by atoms with van der Waals surface area (Å²) in [5.74, 6) is 0.734. The topological polar surface area (TPSA) is 34.9 Å². The van der Waals surface area contributed by atoms with Crippen LogP contribution in [0.25, 0.3) is 5.82 Å². The van der Waals surface area contributed by atoms with Crippen LogP contribution in [0.2, 0.25) is 0 Å². The van der Waals surface area contributed by atoms with E-state index in [4.69, 9.17) is 11.6 Å². The maximum Gasteiger partial charge on any atom is 0.182 e. The third-order valence-corrected chi connectivity index (χ3v) is 3.67. The first-order valence-corrected chi connectivity index (χ1v) is 7.14. The van der Waals surface area contributed by atoms with Crippen LogP contribution in [-0.4, -0.2) is 20.7 Å². The molecule has 0 bridgehead atoms. The van der Waals surface area contributed by atoms with Crippen molar-refractivity contribution in [3.05, 3.63) is 45.8 Å². The van der Waals surface area contributed by atoms with Gasteiger partial charge >= 0.3 is 0 Å². The third-order valence-electron chi connectivity index (χ3n) is 3.00. The number of aryl methyl sites for hydroxylation is 1. The Labute approximate surface area is 125 Å². The van der Waals surface area contributed by atoms with Gasteiger partial charge in [-0.1, -0.05) is 0 Å². The van der Waals surface area contributed by atoms with E-state index < -0.39 is 5.38 Å². The van der Waals surface area contributed by atoms with Crippen LogP contribution in [0.5, 0.6) is 0 Å². The number of hydrogen-bond donors (Lipinski definition) is 0. The average Bonchev–Trinajstić information content (AvgIpc) is 2.65. The summed E-state index contributed by atoms with van der Waals surface area (Å²) < 4.78 is 2.88. The molecular weight excluding hydrogens is 328 g/mol. The van der Waals surface area contributed by atoms with Crippen molar-refractivity contribution in [2.75, 3.05) is 0 Å². The second-order valence-corrected chi connectivity index (χ2v) is 6.01. The van der Waals surface area contributed by atoms with Gasteiger partial charge in [0.25, 0.3) is 0 Å². The van der Waals surface area contributed by atoms with E-state index in [1.54, 1.807) is 13.1 Å². The molecule has 2 aromatic rings. The van der Waals surface area contributed by atoms with E-state index >= 15 is 0 Å². The van der Waals surface area contributed by atoms with Crippen molar-refractivity contribution in [2.45, 2.75) is 26.1 Å². The highest BCUT2D eigenvalue weighted by Gasteiger charge is 2.20. The zero-order chi connectivity index (χ0) is 14.2. The van der Waals surface area contributed by atoms with Crippen LogP contribution in [0, 0.1) is 13.8 Å². The van der Waals surface area contributed by atoms with Gasteiger partial charge in [0.05, 0.1) is 5.38 Å². The predicted octanol–water partition coefficient (Wildman–Crippen LogP) is 4.06. The van der Waals surface area contributed by atoms with E-state index in [1.165, 1.54) is 0 Å². The molecule has 0 aliphatic heterocycles. The van der Waals surface area contributed by atoms with Crippen LogP contribution < -0.4 is 0 Å². The number of carbonyl (C=O) groups excluding carboxylic acids is 1. The molecule has 0 aromatic carbocycles. The molecule has 0 spiro atoms. The average molecular weight is 342 g/mol. The molecule has 0 saturated heterocycles. The minimum Gasteiger partial charge on any atom is -0.302 e. The molecule has 3 nitrogen and oxygen atoms in total. The zero-order valence-electron chi connectivity index (χ0n) is 10.9. The lowest BCUT2D eigenvalue weighted by atomic mass is 10.1. The molecule has 2 heterocycles. The van der Waals surface area contributed by atoms with Crippen LogP contribution in [0.15, 0.2) is 28.9 Å². The van der Waals surface area contributed by atoms with Crippen LogP contribution in [0.4, 0.5) is 0 Å². The molecule has 0 N–H and O–H groups in total. The van der Waals surface area contributed by atoms with Crippen molar-refractivity contribution in [3.63, 3.8) is 0 Å². The molecule has 5 heteroatoms. The molecule has 0 aliphatic rings. The highest BCUT2D eigenvalue weighted by atomic mass is 79.9. The van der Waals surface area contributed by atoms with E-state index in [0.29, 0.717) is 5.56 Å². The van der Waals surface area contributed by atoms with E-state index in [0.717, 1.165) is 21.7 Å². The molecule has 0 radical (unpaired) electrons. The van der Waals surface area contributed by atoms with E-state index in [1.807, 2.05) is 36.6 Å². The van der Waals surface area contributed by atoms with Gasteiger partial charge in [-0.25, -0.2) is 4.98 Å². The monoisotopic (exact) mass is 340 g/mol. The number of rotatable bonds is 3. The fourth-order valence-corrected chi connectivity index (χ4v) is 2.43. The Hall–Kier alpha value is -1.13. The zero-order valence-corrected chi connectivity index (χ0v) is 13.3. The number of Topliss-reactive ketones (excluding diaryl/α,β-unsaturated/α-hetero) is 1. The van der Waals surface area contributed by atoms with Crippen molar-refractivity contribution >= 4 is 33.3 Å². The number of pyridine rings is 1. The van der Waals surface area contributed by atoms with E-state index in [2.05, 4.69) is 20.9 Å². The smallest absolute Gasteiger partial charge is 0.182 e. The van der Waals surface area contributed by atoms with Crippen molar-refractivity contribution in [1.29, 1.82) is 0 Å². The first kappa shape index (κ1) is 14.3. The van der Waals surface area contributed by atoms with Crippen LogP contribution >= 0.6 is 27.5 Å². The van der Waals surface area contributed by atoms with Crippen molar-refractivity contribution in [2.24, 2.45) is 0 Å². The van der Waals surface area contributed by atoms with Crippen LogP contribution in [0.3, 0.4) is 0 Å². The Morgan fingerprint density at radius 1 is 1.42 bits per heavy atom. The number of alkyl halides is 1. The SMILES string of the molecule is Cc1cc(C(=O)C(C)Cl)c(C)n1-c1ccc(Br)cn1. The minimum absolute atomic E-state index is 0.0573. The number of hydrogen-bond acceptors (Lipinski definition) is 2. The minimum atomic E-state index is -0.521.